The summed E-state index contributed by atoms with van der Waals surface area (Å²) in [7, 11) is 3.89. The van der Waals surface area contributed by atoms with E-state index in [1.54, 1.807) is 7.11 Å². The number of hydrogen-bond acceptors (Lipinski definition) is 6. The topological polar surface area (TPSA) is 67.1 Å². The molecule has 4 aliphatic heterocycles. The molecule has 0 radical (unpaired) electrons. The number of amides is 1. The molecule has 5 rings (SSSR count). The summed E-state index contributed by atoms with van der Waals surface area (Å²) in [5.41, 5.74) is 0.812. The summed E-state index contributed by atoms with van der Waals surface area (Å²) < 4.78 is 24.4. The zero-order valence-corrected chi connectivity index (χ0v) is 19.6. The van der Waals surface area contributed by atoms with Crippen LogP contribution in [0.2, 0.25) is 0 Å². The average Bonchev–Trinajstić information content (AvgIpc) is 3.53. The molecule has 0 aromatic carbocycles. The van der Waals surface area contributed by atoms with Crippen molar-refractivity contribution < 1.29 is 23.7 Å². The van der Waals surface area contributed by atoms with Gasteiger partial charge in [0.2, 0.25) is 0 Å². The minimum Gasteiger partial charge on any atom is -0.443 e. The number of ether oxygens (including phenoxy) is 4. The molecule has 0 aromatic rings. The van der Waals surface area contributed by atoms with Crippen LogP contribution in [0.5, 0.6) is 0 Å². The number of likely N-dealkylation sites (tertiary alicyclic amines) is 2. The molecule has 1 saturated carbocycles. The van der Waals surface area contributed by atoms with Crippen molar-refractivity contribution >= 4 is 6.09 Å². The predicted octanol–water partition coefficient (Wildman–Crippen LogP) is 2.69. The van der Waals surface area contributed by atoms with Crippen LogP contribution in [-0.2, 0) is 18.9 Å². The maximum absolute atomic E-state index is 13.0. The molecular formula is C24H38N2O5. The lowest BCUT2D eigenvalue weighted by atomic mass is 9.68. The third kappa shape index (κ3) is 3.81. The van der Waals surface area contributed by atoms with E-state index in [0.717, 1.165) is 52.0 Å². The molecule has 174 valence electrons. The summed E-state index contributed by atoms with van der Waals surface area (Å²) in [4.78, 5) is 17.3. The van der Waals surface area contributed by atoms with Gasteiger partial charge in [0.1, 0.15) is 23.4 Å². The Hall–Kier alpha value is -1.15. The molecule has 5 aliphatic rings. The molecule has 6 unspecified atom stereocenters. The Balaban J connectivity index is 1.26. The number of carbonyl (C=O) groups excluding carboxylic acids is 1. The maximum atomic E-state index is 13.0. The zero-order valence-electron chi connectivity index (χ0n) is 19.6. The molecular weight excluding hydrogens is 396 g/mol. The number of allylic oxidation sites excluding steroid dienone is 1. The van der Waals surface area contributed by atoms with Crippen LogP contribution in [-0.4, -0.2) is 92.4 Å². The van der Waals surface area contributed by atoms with Crippen LogP contribution in [0.4, 0.5) is 4.79 Å². The Morgan fingerprint density at radius 1 is 1.19 bits per heavy atom. The van der Waals surface area contributed by atoms with Gasteiger partial charge < -0.3 is 28.7 Å². The molecule has 7 nitrogen and oxygen atoms in total. The molecule has 1 aliphatic carbocycles. The molecule has 8 atom stereocenters. The molecule has 4 heterocycles. The molecule has 0 aromatic heterocycles. The van der Waals surface area contributed by atoms with Crippen molar-refractivity contribution in [2.45, 2.75) is 69.5 Å². The van der Waals surface area contributed by atoms with E-state index in [2.05, 4.69) is 38.8 Å². The van der Waals surface area contributed by atoms with Crippen LogP contribution in [0, 0.1) is 17.8 Å². The van der Waals surface area contributed by atoms with Gasteiger partial charge in [0.25, 0.3) is 0 Å². The lowest BCUT2D eigenvalue weighted by molar-refractivity contribution is -0.121. The summed E-state index contributed by atoms with van der Waals surface area (Å²) >= 11 is 0. The van der Waals surface area contributed by atoms with Crippen LogP contribution in [0.15, 0.2) is 11.6 Å². The van der Waals surface area contributed by atoms with Gasteiger partial charge in [0.05, 0.1) is 18.6 Å². The number of epoxide rings is 2. The fraction of sp³-hybridized carbons (Fsp3) is 0.875. The van der Waals surface area contributed by atoms with Gasteiger partial charge in [-0.1, -0.05) is 11.6 Å². The molecule has 7 heteroatoms. The van der Waals surface area contributed by atoms with Gasteiger partial charge in [-0.15, -0.1) is 0 Å². The molecule has 1 amide bonds. The van der Waals surface area contributed by atoms with Crippen molar-refractivity contribution in [3.8, 4) is 0 Å². The van der Waals surface area contributed by atoms with Gasteiger partial charge in [-0.2, -0.15) is 0 Å². The number of hydrogen-bond donors (Lipinski definition) is 0. The molecule has 31 heavy (non-hydrogen) atoms. The van der Waals surface area contributed by atoms with Gasteiger partial charge in [0, 0.05) is 33.3 Å². The van der Waals surface area contributed by atoms with Crippen LogP contribution >= 0.6 is 0 Å². The predicted molar refractivity (Wildman–Crippen MR) is 116 cm³/mol. The number of nitrogens with zero attached hydrogens (tertiary/aromatic N) is 2. The monoisotopic (exact) mass is 434 g/mol. The van der Waals surface area contributed by atoms with Crippen molar-refractivity contribution in [1.29, 1.82) is 0 Å². The fourth-order valence-corrected chi connectivity index (χ4v) is 6.65. The van der Waals surface area contributed by atoms with Gasteiger partial charge in [-0.3, -0.25) is 0 Å². The maximum Gasteiger partial charge on any atom is 0.410 e. The standard InChI is InChI=1S/C24H38N2O5/c1-15(2)6-7-19-23(3,31-19)21-20(28-5)18(8-9-24(21)14-29-24)30-22(27)26-12-16-10-25(4)11-17(16)13-26/h6,16-21H,7-14H2,1-5H3/t16?,17?,18?,19-,20?,21?,23+,24?/m1/s1. The zero-order chi connectivity index (χ0) is 22.0. The first-order valence-electron chi connectivity index (χ1n) is 11.9. The Labute approximate surface area is 186 Å². The highest BCUT2D eigenvalue weighted by atomic mass is 16.6. The van der Waals surface area contributed by atoms with Crippen LogP contribution in [0.25, 0.3) is 0 Å². The third-order valence-electron chi connectivity index (χ3n) is 8.42. The highest BCUT2D eigenvalue weighted by Crippen LogP contribution is 2.59. The van der Waals surface area contributed by atoms with E-state index in [1.165, 1.54) is 5.57 Å². The lowest BCUT2D eigenvalue weighted by Crippen LogP contribution is -2.56. The highest BCUT2D eigenvalue weighted by Gasteiger charge is 2.72. The fourth-order valence-electron chi connectivity index (χ4n) is 6.65. The molecule has 4 saturated heterocycles. The van der Waals surface area contributed by atoms with Crippen molar-refractivity contribution in [2.24, 2.45) is 17.8 Å². The van der Waals surface area contributed by atoms with E-state index in [0.29, 0.717) is 11.8 Å². The first kappa shape index (κ1) is 21.7. The minimum absolute atomic E-state index is 0.0683. The van der Waals surface area contributed by atoms with Gasteiger partial charge in [0.15, 0.2) is 0 Å². The first-order chi connectivity index (χ1) is 14.8. The summed E-state index contributed by atoms with van der Waals surface area (Å²) in [5, 5.41) is 0. The number of carbonyl (C=O) groups is 1. The Morgan fingerprint density at radius 3 is 2.45 bits per heavy atom. The molecule has 0 N–H and O–H groups in total. The second kappa shape index (κ2) is 7.72. The van der Waals surface area contributed by atoms with Crippen molar-refractivity contribution in [3.63, 3.8) is 0 Å². The Morgan fingerprint density at radius 2 is 1.87 bits per heavy atom. The smallest absolute Gasteiger partial charge is 0.410 e. The molecule has 5 fully saturated rings. The third-order valence-corrected chi connectivity index (χ3v) is 8.42. The minimum atomic E-state index is -0.302. The van der Waals surface area contributed by atoms with E-state index < -0.39 is 0 Å². The van der Waals surface area contributed by atoms with Crippen LogP contribution in [0.1, 0.15) is 40.0 Å². The van der Waals surface area contributed by atoms with E-state index in [-0.39, 0.29) is 41.5 Å². The van der Waals surface area contributed by atoms with Crippen LogP contribution < -0.4 is 0 Å². The van der Waals surface area contributed by atoms with E-state index in [9.17, 15) is 4.79 Å². The van der Waals surface area contributed by atoms with Crippen LogP contribution in [0.3, 0.4) is 0 Å². The Bertz CT molecular complexity index is 734. The molecule has 0 bridgehead atoms. The second-order valence-electron chi connectivity index (χ2n) is 10.9. The van der Waals surface area contributed by atoms with E-state index in [4.69, 9.17) is 18.9 Å². The van der Waals surface area contributed by atoms with E-state index in [1.807, 2.05) is 4.90 Å². The average molecular weight is 435 g/mol. The van der Waals surface area contributed by atoms with Gasteiger partial charge in [-0.05, 0) is 58.9 Å². The van der Waals surface area contributed by atoms with Crippen molar-refractivity contribution in [3.05, 3.63) is 11.6 Å². The largest absolute Gasteiger partial charge is 0.443 e. The van der Waals surface area contributed by atoms with Crippen molar-refractivity contribution in [1.82, 2.24) is 9.80 Å². The normalized spacial score (nSPS) is 46.2. The van der Waals surface area contributed by atoms with Crippen molar-refractivity contribution in [2.75, 3.05) is 46.9 Å². The van der Waals surface area contributed by atoms with Gasteiger partial charge >= 0.3 is 6.09 Å². The van der Waals surface area contributed by atoms with E-state index >= 15 is 0 Å². The number of methoxy groups -OCH3 is 1. The summed E-state index contributed by atoms with van der Waals surface area (Å²) in [5.74, 6) is 1.22. The lowest BCUT2D eigenvalue weighted by Gasteiger charge is -2.43. The Kier molecular flexibility index (Phi) is 5.40. The number of rotatable bonds is 5. The second-order valence-corrected chi connectivity index (χ2v) is 10.9. The quantitative estimate of drug-likeness (QED) is 0.490. The van der Waals surface area contributed by atoms with Gasteiger partial charge in [-0.25, -0.2) is 4.79 Å². The number of fused-ring (bicyclic) bond motifs is 1. The SMILES string of the molecule is COC1C(OC(=O)N2CC3CN(C)CC3C2)CCC2(CO2)C1[C@@]1(C)O[C@@H]1CC=C(C)C. The summed E-state index contributed by atoms with van der Waals surface area (Å²) in [6.45, 7) is 10.9. The summed E-state index contributed by atoms with van der Waals surface area (Å²) in [6.07, 6.45) is 4.31. The molecule has 1 spiro atoms. The highest BCUT2D eigenvalue weighted by molar-refractivity contribution is 5.68. The first-order valence-corrected chi connectivity index (χ1v) is 11.9. The summed E-state index contributed by atoms with van der Waals surface area (Å²) in [6, 6.07) is 0.